The SMILES string of the molecule is O=C1CCc2c(F)cc(N3CCC(Oc4ccc(OCCN5CCCC5)nc4)C3=O)cc21. The molecular formula is C24H26FN3O4. The Morgan fingerprint density at radius 2 is 1.94 bits per heavy atom. The molecule has 1 amide bonds. The molecule has 2 aliphatic heterocycles. The molecular weight excluding hydrogens is 413 g/mol. The van der Waals surface area contributed by atoms with E-state index in [0.717, 1.165) is 19.6 Å². The van der Waals surface area contributed by atoms with E-state index in [1.807, 2.05) is 0 Å². The third-order valence-corrected chi connectivity index (χ3v) is 6.39. The Labute approximate surface area is 186 Å². The number of ketones is 1. The molecule has 3 heterocycles. The van der Waals surface area contributed by atoms with Crippen molar-refractivity contribution in [2.75, 3.05) is 37.7 Å². The van der Waals surface area contributed by atoms with Crippen molar-refractivity contribution in [1.29, 1.82) is 0 Å². The van der Waals surface area contributed by atoms with Gasteiger partial charge in [-0.05, 0) is 56.1 Å². The van der Waals surface area contributed by atoms with Gasteiger partial charge < -0.3 is 14.4 Å². The molecule has 168 valence electrons. The summed E-state index contributed by atoms with van der Waals surface area (Å²) >= 11 is 0. The van der Waals surface area contributed by atoms with Crippen LogP contribution >= 0.6 is 0 Å². The minimum absolute atomic E-state index is 0.0750. The minimum atomic E-state index is -0.675. The van der Waals surface area contributed by atoms with Gasteiger partial charge in [0.25, 0.3) is 5.91 Å². The van der Waals surface area contributed by atoms with Crippen LogP contribution in [-0.4, -0.2) is 60.5 Å². The molecule has 1 aromatic heterocycles. The molecule has 2 saturated heterocycles. The summed E-state index contributed by atoms with van der Waals surface area (Å²) in [4.78, 5) is 33.0. The van der Waals surface area contributed by atoms with Gasteiger partial charge in [0.1, 0.15) is 18.2 Å². The number of benzene rings is 1. The van der Waals surface area contributed by atoms with E-state index in [-0.39, 0.29) is 11.7 Å². The molecule has 2 aromatic rings. The number of nitrogens with zero attached hydrogens (tertiary/aromatic N) is 3. The number of amides is 1. The van der Waals surface area contributed by atoms with Gasteiger partial charge in [0, 0.05) is 43.2 Å². The fourth-order valence-electron chi connectivity index (χ4n) is 4.65. The van der Waals surface area contributed by atoms with Crippen molar-refractivity contribution in [3.05, 3.63) is 47.4 Å². The molecule has 0 bridgehead atoms. The quantitative estimate of drug-likeness (QED) is 0.661. The van der Waals surface area contributed by atoms with Crippen LogP contribution in [0.4, 0.5) is 10.1 Å². The van der Waals surface area contributed by atoms with E-state index in [1.54, 1.807) is 24.4 Å². The number of ether oxygens (including phenoxy) is 2. The molecule has 32 heavy (non-hydrogen) atoms. The van der Waals surface area contributed by atoms with Crippen LogP contribution in [0.2, 0.25) is 0 Å². The summed E-state index contributed by atoms with van der Waals surface area (Å²) < 4.78 is 26.0. The van der Waals surface area contributed by atoms with Crippen molar-refractivity contribution in [3.8, 4) is 11.6 Å². The van der Waals surface area contributed by atoms with E-state index in [9.17, 15) is 14.0 Å². The van der Waals surface area contributed by atoms with Crippen LogP contribution in [0.1, 0.15) is 41.6 Å². The highest BCUT2D eigenvalue weighted by Gasteiger charge is 2.36. The number of carbonyl (C=O) groups excluding carboxylic acids is 2. The zero-order chi connectivity index (χ0) is 22.1. The predicted molar refractivity (Wildman–Crippen MR) is 116 cm³/mol. The standard InChI is InChI=1S/C24H26FN3O4/c25-20-14-16(13-19-18(20)4-5-21(19)29)28-10-7-22(24(28)30)32-17-3-6-23(26-15-17)31-12-11-27-8-1-2-9-27/h3,6,13-15,22H,1-2,4-5,7-12H2. The van der Waals surface area contributed by atoms with E-state index < -0.39 is 11.9 Å². The normalized spacial score (nSPS) is 20.8. The Bertz CT molecular complexity index is 1020. The number of halogens is 1. The largest absolute Gasteiger partial charge is 0.479 e. The summed E-state index contributed by atoms with van der Waals surface area (Å²) in [7, 11) is 0. The van der Waals surface area contributed by atoms with Crippen LogP contribution < -0.4 is 14.4 Å². The Balaban J connectivity index is 1.18. The van der Waals surface area contributed by atoms with Crippen molar-refractivity contribution in [2.24, 2.45) is 0 Å². The molecule has 1 unspecified atom stereocenters. The molecule has 2 fully saturated rings. The van der Waals surface area contributed by atoms with Gasteiger partial charge in [-0.25, -0.2) is 9.37 Å². The Kier molecular flexibility index (Phi) is 5.78. The van der Waals surface area contributed by atoms with Gasteiger partial charge in [-0.1, -0.05) is 0 Å². The highest BCUT2D eigenvalue weighted by molar-refractivity contribution is 6.04. The lowest BCUT2D eigenvalue weighted by Crippen LogP contribution is -2.32. The molecule has 0 spiro atoms. The van der Waals surface area contributed by atoms with Crippen molar-refractivity contribution in [1.82, 2.24) is 9.88 Å². The van der Waals surface area contributed by atoms with Gasteiger partial charge in [0.15, 0.2) is 11.9 Å². The Hall–Kier alpha value is -3.00. The van der Waals surface area contributed by atoms with Crippen LogP contribution in [0.15, 0.2) is 30.5 Å². The molecule has 5 rings (SSSR count). The number of anilines is 1. The number of likely N-dealkylation sites (tertiary alicyclic amines) is 1. The lowest BCUT2D eigenvalue weighted by molar-refractivity contribution is -0.122. The smallest absolute Gasteiger partial charge is 0.268 e. The average Bonchev–Trinajstić information content (AvgIpc) is 3.52. The maximum absolute atomic E-state index is 14.4. The van der Waals surface area contributed by atoms with E-state index in [1.165, 1.54) is 23.8 Å². The molecule has 0 radical (unpaired) electrons. The fraction of sp³-hybridized carbons (Fsp3) is 0.458. The van der Waals surface area contributed by atoms with Crippen LogP contribution in [0, 0.1) is 5.82 Å². The maximum atomic E-state index is 14.4. The molecule has 1 aromatic carbocycles. The van der Waals surface area contributed by atoms with E-state index >= 15 is 0 Å². The summed E-state index contributed by atoms with van der Waals surface area (Å²) in [6, 6.07) is 6.44. The number of hydrogen-bond donors (Lipinski definition) is 0. The summed E-state index contributed by atoms with van der Waals surface area (Å²) in [5, 5.41) is 0. The Morgan fingerprint density at radius 3 is 2.72 bits per heavy atom. The Morgan fingerprint density at radius 1 is 1.09 bits per heavy atom. The molecule has 0 N–H and O–H groups in total. The van der Waals surface area contributed by atoms with Crippen LogP contribution in [-0.2, 0) is 11.2 Å². The van der Waals surface area contributed by atoms with Gasteiger partial charge in [-0.3, -0.25) is 14.5 Å². The average molecular weight is 439 g/mol. The van der Waals surface area contributed by atoms with E-state index in [0.29, 0.717) is 60.9 Å². The topological polar surface area (TPSA) is 72.0 Å². The van der Waals surface area contributed by atoms with Crippen molar-refractivity contribution in [3.63, 3.8) is 0 Å². The summed E-state index contributed by atoms with van der Waals surface area (Å²) in [5.41, 5.74) is 1.25. The van der Waals surface area contributed by atoms with Crippen LogP contribution in [0.25, 0.3) is 0 Å². The zero-order valence-corrected chi connectivity index (χ0v) is 17.9. The van der Waals surface area contributed by atoms with Crippen molar-refractivity contribution in [2.45, 2.75) is 38.2 Å². The highest BCUT2D eigenvalue weighted by atomic mass is 19.1. The first kappa shape index (κ1) is 20.9. The van der Waals surface area contributed by atoms with Crippen molar-refractivity contribution < 1.29 is 23.5 Å². The number of carbonyl (C=O) groups is 2. The second-order valence-electron chi connectivity index (χ2n) is 8.49. The lowest BCUT2D eigenvalue weighted by Gasteiger charge is -2.18. The van der Waals surface area contributed by atoms with Gasteiger partial charge in [-0.15, -0.1) is 0 Å². The summed E-state index contributed by atoms with van der Waals surface area (Å²) in [5.74, 6) is 0.251. The molecule has 7 nitrogen and oxygen atoms in total. The van der Waals surface area contributed by atoms with E-state index in [4.69, 9.17) is 9.47 Å². The third-order valence-electron chi connectivity index (χ3n) is 6.39. The molecule has 8 heteroatoms. The van der Waals surface area contributed by atoms with Gasteiger partial charge >= 0.3 is 0 Å². The van der Waals surface area contributed by atoms with Gasteiger partial charge in [-0.2, -0.15) is 0 Å². The number of fused-ring (bicyclic) bond motifs is 1. The predicted octanol–water partition coefficient (Wildman–Crippen LogP) is 3.01. The zero-order valence-electron chi connectivity index (χ0n) is 17.9. The molecule has 1 atom stereocenters. The number of rotatable bonds is 7. The summed E-state index contributed by atoms with van der Waals surface area (Å²) in [6.45, 7) is 4.14. The first-order valence-corrected chi connectivity index (χ1v) is 11.2. The first-order chi connectivity index (χ1) is 15.6. The number of aromatic nitrogens is 1. The van der Waals surface area contributed by atoms with Gasteiger partial charge in [0.2, 0.25) is 5.88 Å². The first-order valence-electron chi connectivity index (χ1n) is 11.2. The number of Topliss-reactive ketones (excluding diaryl/α,β-unsaturated/α-hetero) is 1. The molecule has 3 aliphatic rings. The lowest BCUT2D eigenvalue weighted by atomic mass is 10.1. The summed E-state index contributed by atoms with van der Waals surface area (Å²) in [6.07, 6.45) is 4.59. The second kappa shape index (κ2) is 8.86. The van der Waals surface area contributed by atoms with Crippen LogP contribution in [0.3, 0.4) is 0 Å². The minimum Gasteiger partial charge on any atom is -0.479 e. The third kappa shape index (κ3) is 4.19. The molecule has 1 aliphatic carbocycles. The maximum Gasteiger partial charge on any atom is 0.268 e. The molecule has 0 saturated carbocycles. The van der Waals surface area contributed by atoms with Gasteiger partial charge in [0.05, 0.1) is 6.20 Å². The van der Waals surface area contributed by atoms with Crippen LogP contribution in [0.5, 0.6) is 11.6 Å². The highest BCUT2D eigenvalue weighted by Crippen LogP contribution is 2.32. The monoisotopic (exact) mass is 439 g/mol. The second-order valence-corrected chi connectivity index (χ2v) is 8.49. The number of hydrogen-bond acceptors (Lipinski definition) is 6. The van der Waals surface area contributed by atoms with Crippen molar-refractivity contribution >= 4 is 17.4 Å². The van der Waals surface area contributed by atoms with E-state index in [2.05, 4.69) is 9.88 Å². The number of pyridine rings is 1. The fourth-order valence-corrected chi connectivity index (χ4v) is 4.65.